The van der Waals surface area contributed by atoms with Crippen molar-refractivity contribution in [1.82, 2.24) is 14.5 Å². The molecule has 0 atom stereocenters. The fraction of sp³-hybridized carbons (Fsp3) is 0.0500. The Hall–Kier alpha value is -2.89. The summed E-state index contributed by atoms with van der Waals surface area (Å²) < 4.78 is 6.72. The van der Waals surface area contributed by atoms with Crippen LogP contribution in [0.2, 0.25) is 10.0 Å². The number of hydrogen-bond acceptors (Lipinski definition) is 4. The van der Waals surface area contributed by atoms with Crippen LogP contribution in [0.1, 0.15) is 0 Å². The summed E-state index contributed by atoms with van der Waals surface area (Å²) in [4.78, 5) is 21.6. The molecule has 27 heavy (non-hydrogen) atoms. The van der Waals surface area contributed by atoms with Crippen molar-refractivity contribution in [2.45, 2.75) is 0 Å². The molecular formula is C20H13Cl2N3O2. The molecule has 2 aromatic carbocycles. The minimum absolute atomic E-state index is 0.129. The smallest absolute Gasteiger partial charge is 0.318 e. The molecule has 0 saturated carbocycles. The lowest BCUT2D eigenvalue weighted by Gasteiger charge is -2.14. The highest BCUT2D eigenvalue weighted by Gasteiger charge is 2.17. The molecule has 0 amide bonds. The first-order valence-electron chi connectivity index (χ1n) is 8.08. The maximum Gasteiger partial charge on any atom is 0.318 e. The van der Waals surface area contributed by atoms with Crippen LogP contribution in [0.3, 0.4) is 0 Å². The normalized spacial score (nSPS) is 10.9. The number of ether oxygens (including phenoxy) is 1. The Kier molecular flexibility index (Phi) is 4.56. The lowest BCUT2D eigenvalue weighted by atomic mass is 10.1. The summed E-state index contributed by atoms with van der Waals surface area (Å²) in [7, 11) is 1.47. The Morgan fingerprint density at radius 1 is 0.889 bits per heavy atom. The number of halogens is 2. The second-order valence-corrected chi connectivity index (χ2v) is 6.55. The largest absolute Gasteiger partial charge is 0.467 e. The van der Waals surface area contributed by atoms with Crippen molar-refractivity contribution in [2.24, 2.45) is 0 Å². The average Bonchev–Trinajstić information content (AvgIpc) is 2.68. The van der Waals surface area contributed by atoms with Gasteiger partial charge in [0.05, 0.1) is 23.5 Å². The molecule has 0 aliphatic carbocycles. The molecule has 2 heterocycles. The average molecular weight is 398 g/mol. The van der Waals surface area contributed by atoms with Crippen LogP contribution in [0.5, 0.6) is 6.01 Å². The van der Waals surface area contributed by atoms with Crippen molar-refractivity contribution < 1.29 is 4.74 Å². The van der Waals surface area contributed by atoms with Crippen molar-refractivity contribution in [3.05, 3.63) is 81.1 Å². The number of aromatic nitrogens is 3. The third-order valence-corrected chi connectivity index (χ3v) is 4.78. The highest BCUT2D eigenvalue weighted by molar-refractivity contribution is 6.33. The Balaban J connectivity index is 2.15. The first-order valence-corrected chi connectivity index (χ1v) is 8.83. The molecule has 2 aromatic heterocycles. The van der Waals surface area contributed by atoms with Crippen LogP contribution in [-0.2, 0) is 0 Å². The summed E-state index contributed by atoms with van der Waals surface area (Å²) in [6.07, 6.45) is 0. The number of para-hydroxylation sites is 1. The number of benzene rings is 2. The van der Waals surface area contributed by atoms with E-state index >= 15 is 0 Å². The van der Waals surface area contributed by atoms with E-state index in [2.05, 4.69) is 9.97 Å². The van der Waals surface area contributed by atoms with Crippen molar-refractivity contribution in [3.8, 4) is 23.0 Å². The maximum atomic E-state index is 12.7. The van der Waals surface area contributed by atoms with Gasteiger partial charge in [-0.3, -0.25) is 9.36 Å². The maximum absolute atomic E-state index is 12.7. The summed E-state index contributed by atoms with van der Waals surface area (Å²) in [6.45, 7) is 0. The van der Waals surface area contributed by atoms with Gasteiger partial charge in [-0.15, -0.1) is 0 Å². The summed E-state index contributed by atoms with van der Waals surface area (Å²) in [5.41, 5.74) is 1.94. The standard InChI is InChI=1S/C20H13Cl2N3O2/c1-27-20-23-18(12-6-2-3-7-14(12)21)13-10-11-17(26)25(19(13)24-20)16-9-5-4-8-15(16)22/h2-11H,1H3. The zero-order valence-corrected chi connectivity index (χ0v) is 15.7. The van der Waals surface area contributed by atoms with Gasteiger partial charge in [-0.25, -0.2) is 0 Å². The van der Waals surface area contributed by atoms with Crippen molar-refractivity contribution in [2.75, 3.05) is 7.11 Å². The SMILES string of the molecule is COc1nc(-c2ccccc2Cl)c2ccc(=O)n(-c3ccccc3Cl)c2n1. The number of hydrogen-bond donors (Lipinski definition) is 0. The monoisotopic (exact) mass is 397 g/mol. The van der Waals surface area contributed by atoms with Crippen LogP contribution in [0.15, 0.2) is 65.5 Å². The van der Waals surface area contributed by atoms with Crippen LogP contribution in [-0.4, -0.2) is 21.6 Å². The summed E-state index contributed by atoms with van der Waals surface area (Å²) >= 11 is 12.7. The molecule has 5 nitrogen and oxygen atoms in total. The predicted octanol–water partition coefficient (Wildman–Crippen LogP) is 4.76. The fourth-order valence-corrected chi connectivity index (χ4v) is 3.36. The van der Waals surface area contributed by atoms with Gasteiger partial charge in [0.15, 0.2) is 5.65 Å². The van der Waals surface area contributed by atoms with E-state index < -0.39 is 0 Å². The first kappa shape index (κ1) is 17.5. The van der Waals surface area contributed by atoms with Gasteiger partial charge in [0.25, 0.3) is 5.56 Å². The second kappa shape index (κ2) is 7.02. The van der Waals surface area contributed by atoms with E-state index in [0.717, 1.165) is 0 Å². The Morgan fingerprint density at radius 3 is 2.30 bits per heavy atom. The Morgan fingerprint density at radius 2 is 1.59 bits per heavy atom. The molecule has 134 valence electrons. The van der Waals surface area contributed by atoms with Gasteiger partial charge < -0.3 is 4.74 Å². The molecule has 0 aliphatic heterocycles. The zero-order valence-electron chi connectivity index (χ0n) is 14.2. The quantitative estimate of drug-likeness (QED) is 0.499. The van der Waals surface area contributed by atoms with Gasteiger partial charge in [0.2, 0.25) is 0 Å². The number of fused-ring (bicyclic) bond motifs is 1. The van der Waals surface area contributed by atoms with E-state index in [4.69, 9.17) is 27.9 Å². The van der Waals surface area contributed by atoms with Gasteiger partial charge in [0.1, 0.15) is 0 Å². The van der Waals surface area contributed by atoms with Crippen LogP contribution in [0, 0.1) is 0 Å². The number of pyridine rings is 1. The molecule has 0 radical (unpaired) electrons. The van der Waals surface area contributed by atoms with Crippen LogP contribution in [0.4, 0.5) is 0 Å². The van der Waals surface area contributed by atoms with E-state index in [9.17, 15) is 4.79 Å². The van der Waals surface area contributed by atoms with Crippen molar-refractivity contribution in [1.29, 1.82) is 0 Å². The molecule has 0 unspecified atom stereocenters. The molecule has 4 aromatic rings. The molecule has 0 saturated heterocycles. The first-order chi connectivity index (χ1) is 13.1. The van der Waals surface area contributed by atoms with Gasteiger partial charge in [-0.05, 0) is 24.3 Å². The number of methoxy groups -OCH3 is 1. The van der Waals surface area contributed by atoms with E-state index in [1.807, 2.05) is 18.2 Å². The molecule has 7 heteroatoms. The number of rotatable bonds is 3. The summed E-state index contributed by atoms with van der Waals surface area (Å²) in [5.74, 6) is 0. The van der Waals surface area contributed by atoms with E-state index in [-0.39, 0.29) is 11.6 Å². The van der Waals surface area contributed by atoms with Gasteiger partial charge in [-0.1, -0.05) is 53.5 Å². The lowest BCUT2D eigenvalue weighted by Crippen LogP contribution is -2.19. The molecule has 0 bridgehead atoms. The van der Waals surface area contributed by atoms with Crippen LogP contribution < -0.4 is 10.3 Å². The lowest BCUT2D eigenvalue weighted by molar-refractivity contribution is 0.382. The van der Waals surface area contributed by atoms with E-state index in [1.165, 1.54) is 17.7 Å². The highest BCUT2D eigenvalue weighted by Crippen LogP contribution is 2.33. The minimum atomic E-state index is -0.263. The molecule has 0 fully saturated rings. The Bertz CT molecular complexity index is 1220. The van der Waals surface area contributed by atoms with Crippen molar-refractivity contribution in [3.63, 3.8) is 0 Å². The highest BCUT2D eigenvalue weighted by atomic mass is 35.5. The summed E-state index contributed by atoms with van der Waals surface area (Å²) in [6, 6.07) is 17.7. The summed E-state index contributed by atoms with van der Waals surface area (Å²) in [5, 5.41) is 1.63. The minimum Gasteiger partial charge on any atom is -0.467 e. The molecular weight excluding hydrogens is 385 g/mol. The third kappa shape index (κ3) is 3.05. The van der Waals surface area contributed by atoms with E-state index in [1.54, 1.807) is 36.4 Å². The van der Waals surface area contributed by atoms with Crippen LogP contribution in [0.25, 0.3) is 28.0 Å². The predicted molar refractivity (Wildman–Crippen MR) is 107 cm³/mol. The van der Waals surface area contributed by atoms with Gasteiger partial charge in [-0.2, -0.15) is 9.97 Å². The molecule has 0 N–H and O–H groups in total. The van der Waals surface area contributed by atoms with Crippen LogP contribution >= 0.6 is 23.2 Å². The fourth-order valence-electron chi connectivity index (χ4n) is 2.91. The zero-order chi connectivity index (χ0) is 19.0. The third-order valence-electron chi connectivity index (χ3n) is 4.13. The Labute approximate surface area is 164 Å². The number of nitrogens with zero attached hydrogens (tertiary/aromatic N) is 3. The van der Waals surface area contributed by atoms with Gasteiger partial charge in [0, 0.05) is 22.0 Å². The van der Waals surface area contributed by atoms with Crippen molar-refractivity contribution >= 4 is 34.2 Å². The molecule has 0 aliphatic rings. The van der Waals surface area contributed by atoms with E-state index in [0.29, 0.717) is 38.0 Å². The van der Waals surface area contributed by atoms with Gasteiger partial charge >= 0.3 is 6.01 Å². The second-order valence-electron chi connectivity index (χ2n) is 5.73. The molecule has 4 rings (SSSR count). The molecule has 0 spiro atoms. The topological polar surface area (TPSA) is 57.0 Å².